The molecule has 0 aliphatic carbocycles. The lowest BCUT2D eigenvalue weighted by atomic mass is 10.1. The van der Waals surface area contributed by atoms with E-state index in [1.807, 2.05) is 54.6 Å². The molecule has 0 fully saturated rings. The van der Waals surface area contributed by atoms with Crippen LogP contribution in [-0.2, 0) is 22.6 Å². The van der Waals surface area contributed by atoms with Gasteiger partial charge in [-0.2, -0.15) is 0 Å². The van der Waals surface area contributed by atoms with Crippen molar-refractivity contribution in [1.82, 2.24) is 10.2 Å². The molecule has 0 unspecified atom stereocenters. The van der Waals surface area contributed by atoms with Gasteiger partial charge in [0.05, 0.1) is 0 Å². The van der Waals surface area contributed by atoms with E-state index >= 15 is 0 Å². The fourth-order valence-electron chi connectivity index (χ4n) is 4.90. The van der Waals surface area contributed by atoms with Gasteiger partial charge in [-0.15, -0.1) is 0 Å². The Balaban J connectivity index is 1.41. The molecule has 0 aliphatic heterocycles. The summed E-state index contributed by atoms with van der Waals surface area (Å²) in [6, 6.07) is 24.0. The largest absolute Gasteiger partial charge is 0.474 e. The average molecular weight is 587 g/mol. The zero-order valence-electron chi connectivity index (χ0n) is 25.4. The van der Waals surface area contributed by atoms with E-state index in [4.69, 9.17) is 4.74 Å². The highest BCUT2D eigenvalue weighted by Crippen LogP contribution is 2.21. The van der Waals surface area contributed by atoms with Crippen molar-refractivity contribution < 1.29 is 24.2 Å². The minimum Gasteiger partial charge on any atom is -0.474 e. The Hall–Kier alpha value is -4.13. The predicted molar refractivity (Wildman–Crippen MR) is 170 cm³/mol. The second-order valence-corrected chi connectivity index (χ2v) is 11.0. The summed E-state index contributed by atoms with van der Waals surface area (Å²) >= 11 is 0. The zero-order valence-corrected chi connectivity index (χ0v) is 25.4. The number of carboxylic acid groups (broad SMARTS) is 1. The van der Waals surface area contributed by atoms with E-state index in [2.05, 4.69) is 12.2 Å². The van der Waals surface area contributed by atoms with E-state index in [1.165, 1.54) is 56.3 Å². The number of hydrogen-bond acceptors (Lipinski definition) is 4. The van der Waals surface area contributed by atoms with E-state index in [0.29, 0.717) is 24.3 Å². The van der Waals surface area contributed by atoms with Gasteiger partial charge < -0.3 is 20.1 Å². The number of benzene rings is 3. The van der Waals surface area contributed by atoms with E-state index in [0.717, 1.165) is 29.7 Å². The van der Waals surface area contributed by atoms with Gasteiger partial charge >= 0.3 is 11.9 Å². The van der Waals surface area contributed by atoms with Crippen molar-refractivity contribution >= 4 is 17.8 Å². The van der Waals surface area contributed by atoms with Gasteiger partial charge in [0.15, 0.2) is 0 Å². The summed E-state index contributed by atoms with van der Waals surface area (Å²) in [6.07, 6.45) is 13.0. The molecule has 0 bridgehead atoms. The van der Waals surface area contributed by atoms with E-state index < -0.39 is 11.9 Å². The monoisotopic (exact) mass is 586 g/mol. The van der Waals surface area contributed by atoms with Gasteiger partial charge in [0.2, 0.25) is 0 Å². The third-order valence-corrected chi connectivity index (χ3v) is 7.45. The lowest BCUT2D eigenvalue weighted by Gasteiger charge is -2.21. The summed E-state index contributed by atoms with van der Waals surface area (Å²) in [6.45, 7) is 3.27. The summed E-state index contributed by atoms with van der Waals surface area (Å²) in [5.74, 6) is -1.13. The van der Waals surface area contributed by atoms with E-state index in [1.54, 1.807) is 24.3 Å². The van der Waals surface area contributed by atoms with Crippen LogP contribution < -0.4 is 10.1 Å². The minimum absolute atomic E-state index is 0.124. The normalized spacial score (nSPS) is 10.7. The fraction of sp³-hybridized carbons (Fsp3) is 0.417. The SMILES string of the molecule is CCCCCCCCCCCCNC(=O)c1ccc(CN(CCc2ccc(Oc3ccccc3)cc2)C(=O)C(=O)O)cc1. The van der Waals surface area contributed by atoms with Gasteiger partial charge in [-0.05, 0) is 60.4 Å². The maximum atomic E-state index is 12.6. The quantitative estimate of drug-likeness (QED) is 0.110. The van der Waals surface area contributed by atoms with E-state index in [9.17, 15) is 19.5 Å². The van der Waals surface area contributed by atoms with Gasteiger partial charge in [-0.1, -0.05) is 107 Å². The van der Waals surface area contributed by atoms with Crippen LogP contribution in [-0.4, -0.2) is 40.9 Å². The molecule has 7 nitrogen and oxygen atoms in total. The maximum absolute atomic E-state index is 12.6. The molecular formula is C36H46N2O5. The smallest absolute Gasteiger partial charge is 0.394 e. The Labute approximate surface area is 256 Å². The van der Waals surface area contributed by atoms with Crippen LogP contribution in [0.15, 0.2) is 78.9 Å². The molecule has 0 heterocycles. The Morgan fingerprint density at radius 1 is 0.698 bits per heavy atom. The summed E-state index contributed by atoms with van der Waals surface area (Å²) in [4.78, 5) is 37.8. The zero-order chi connectivity index (χ0) is 30.7. The molecule has 0 atom stereocenters. The number of aliphatic carboxylic acids is 1. The standard InChI is InChI=1S/C36H46N2O5/c1-2-3-4-5-6-7-8-9-10-14-26-37-34(39)31-21-17-30(18-22-31)28-38(35(40)36(41)42)27-25-29-19-23-33(24-20-29)43-32-15-12-11-13-16-32/h11-13,15-24H,2-10,14,25-28H2,1H3,(H,37,39)(H,41,42). The Morgan fingerprint density at radius 3 is 1.86 bits per heavy atom. The molecule has 0 aromatic heterocycles. The van der Waals surface area contributed by atoms with Crippen molar-refractivity contribution in [3.05, 3.63) is 95.6 Å². The van der Waals surface area contributed by atoms with Crippen molar-refractivity contribution in [2.24, 2.45) is 0 Å². The van der Waals surface area contributed by atoms with Crippen LogP contribution in [0.1, 0.15) is 92.6 Å². The second-order valence-electron chi connectivity index (χ2n) is 11.0. The highest BCUT2D eigenvalue weighted by molar-refractivity contribution is 6.31. The van der Waals surface area contributed by atoms with Crippen LogP contribution in [0.25, 0.3) is 0 Å². The number of amides is 2. The summed E-state index contributed by atoms with van der Waals surface area (Å²) < 4.78 is 5.82. The number of unbranched alkanes of at least 4 members (excludes halogenated alkanes) is 9. The number of carbonyl (C=O) groups is 3. The fourth-order valence-corrected chi connectivity index (χ4v) is 4.90. The number of para-hydroxylation sites is 1. The first-order valence-corrected chi connectivity index (χ1v) is 15.7. The van der Waals surface area contributed by atoms with Gasteiger partial charge in [-0.3, -0.25) is 9.59 Å². The summed E-state index contributed by atoms with van der Waals surface area (Å²) in [5, 5.41) is 12.3. The number of ether oxygens (including phenoxy) is 1. The third-order valence-electron chi connectivity index (χ3n) is 7.45. The van der Waals surface area contributed by atoms with Crippen LogP contribution >= 0.6 is 0 Å². The van der Waals surface area contributed by atoms with Crippen molar-refractivity contribution in [2.45, 2.75) is 84.1 Å². The number of carbonyl (C=O) groups excluding carboxylic acids is 2. The molecule has 0 saturated carbocycles. The molecule has 0 radical (unpaired) electrons. The van der Waals surface area contributed by atoms with Gasteiger partial charge in [-0.25, -0.2) is 4.79 Å². The number of carboxylic acids is 1. The highest BCUT2D eigenvalue weighted by Gasteiger charge is 2.21. The Bertz CT molecular complexity index is 1240. The molecule has 3 aromatic rings. The van der Waals surface area contributed by atoms with Crippen LogP contribution in [0.3, 0.4) is 0 Å². The number of hydrogen-bond donors (Lipinski definition) is 2. The number of nitrogens with zero attached hydrogens (tertiary/aromatic N) is 1. The topological polar surface area (TPSA) is 95.9 Å². The molecule has 7 heteroatoms. The molecular weight excluding hydrogens is 540 g/mol. The molecule has 3 aromatic carbocycles. The Morgan fingerprint density at radius 2 is 1.26 bits per heavy atom. The lowest BCUT2D eigenvalue weighted by Crippen LogP contribution is -2.37. The molecule has 0 aliphatic rings. The molecule has 0 saturated heterocycles. The summed E-state index contributed by atoms with van der Waals surface area (Å²) in [5.41, 5.74) is 2.26. The minimum atomic E-state index is -1.49. The van der Waals surface area contributed by atoms with Crippen molar-refractivity contribution in [3.63, 3.8) is 0 Å². The maximum Gasteiger partial charge on any atom is 0.394 e. The van der Waals surface area contributed by atoms with Gasteiger partial charge in [0.25, 0.3) is 5.91 Å². The molecule has 230 valence electrons. The molecule has 43 heavy (non-hydrogen) atoms. The predicted octanol–water partition coefficient (Wildman–Crippen LogP) is 7.79. The Kier molecular flexibility index (Phi) is 14.9. The average Bonchev–Trinajstić information content (AvgIpc) is 3.03. The first-order chi connectivity index (χ1) is 21.0. The van der Waals surface area contributed by atoms with Crippen LogP contribution in [0.5, 0.6) is 11.5 Å². The molecule has 2 amide bonds. The molecule has 0 spiro atoms. The van der Waals surface area contributed by atoms with Crippen LogP contribution in [0.4, 0.5) is 0 Å². The van der Waals surface area contributed by atoms with Gasteiger partial charge in [0, 0.05) is 25.2 Å². The lowest BCUT2D eigenvalue weighted by molar-refractivity contribution is -0.156. The van der Waals surface area contributed by atoms with Crippen LogP contribution in [0.2, 0.25) is 0 Å². The first-order valence-electron chi connectivity index (χ1n) is 15.7. The highest BCUT2D eigenvalue weighted by atomic mass is 16.5. The number of nitrogens with one attached hydrogen (secondary N) is 1. The van der Waals surface area contributed by atoms with Crippen molar-refractivity contribution in [2.75, 3.05) is 13.1 Å². The molecule has 2 N–H and O–H groups in total. The second kappa shape index (κ2) is 19.1. The van der Waals surface area contributed by atoms with Crippen molar-refractivity contribution in [1.29, 1.82) is 0 Å². The summed E-state index contributed by atoms with van der Waals surface area (Å²) in [7, 11) is 0. The van der Waals surface area contributed by atoms with Crippen molar-refractivity contribution in [3.8, 4) is 11.5 Å². The molecule has 3 rings (SSSR count). The number of rotatable bonds is 19. The van der Waals surface area contributed by atoms with E-state index in [-0.39, 0.29) is 19.0 Å². The third kappa shape index (κ3) is 12.7. The van der Waals surface area contributed by atoms with Gasteiger partial charge in [0.1, 0.15) is 11.5 Å². The van der Waals surface area contributed by atoms with Crippen LogP contribution in [0, 0.1) is 0 Å². The first kappa shape index (κ1) is 33.4.